The van der Waals surface area contributed by atoms with Crippen LogP contribution in [0, 0.1) is 13.8 Å². The van der Waals surface area contributed by atoms with Gasteiger partial charge in [-0.25, -0.2) is 8.42 Å². The molecule has 0 saturated carbocycles. The second-order valence-electron chi connectivity index (χ2n) is 6.36. The molecule has 0 atom stereocenters. The van der Waals surface area contributed by atoms with Crippen molar-refractivity contribution in [1.29, 1.82) is 0 Å². The molecule has 25 heavy (non-hydrogen) atoms. The Morgan fingerprint density at radius 1 is 0.920 bits per heavy atom. The Labute approximate surface area is 149 Å². The van der Waals surface area contributed by atoms with Gasteiger partial charge in [-0.1, -0.05) is 17.7 Å². The zero-order chi connectivity index (χ0) is 18.0. The minimum absolute atomic E-state index is 0.313. The topological polar surface area (TPSA) is 49.9 Å². The number of piperazine rings is 1. The van der Waals surface area contributed by atoms with E-state index in [1.165, 1.54) is 16.8 Å². The van der Waals surface area contributed by atoms with Crippen molar-refractivity contribution in [2.24, 2.45) is 0 Å². The van der Waals surface area contributed by atoms with E-state index in [2.05, 4.69) is 36.9 Å². The largest absolute Gasteiger partial charge is 0.497 e. The number of sulfonamides is 1. The van der Waals surface area contributed by atoms with E-state index >= 15 is 0 Å². The molecule has 0 unspecified atom stereocenters. The minimum atomic E-state index is -3.46. The van der Waals surface area contributed by atoms with E-state index in [0.29, 0.717) is 36.8 Å². The van der Waals surface area contributed by atoms with Crippen LogP contribution in [0.1, 0.15) is 11.1 Å². The quantitative estimate of drug-likeness (QED) is 0.841. The summed E-state index contributed by atoms with van der Waals surface area (Å²) in [7, 11) is -1.89. The lowest BCUT2D eigenvalue weighted by molar-refractivity contribution is 0.384. The second kappa shape index (κ2) is 7.06. The first-order chi connectivity index (χ1) is 11.9. The van der Waals surface area contributed by atoms with E-state index in [1.807, 2.05) is 0 Å². The van der Waals surface area contributed by atoms with Gasteiger partial charge in [-0.15, -0.1) is 0 Å². The van der Waals surface area contributed by atoms with Gasteiger partial charge in [-0.05, 0) is 49.7 Å². The van der Waals surface area contributed by atoms with E-state index in [0.717, 1.165) is 0 Å². The standard InChI is InChI=1S/C19H24N2O3S/c1-15-4-9-19(16(2)14-15)20-10-12-21(13-11-20)25(22,23)18-7-5-17(24-3)6-8-18/h4-9,14H,10-13H2,1-3H3. The summed E-state index contributed by atoms with van der Waals surface area (Å²) in [6.45, 7) is 6.54. The maximum Gasteiger partial charge on any atom is 0.243 e. The number of methoxy groups -OCH3 is 1. The number of rotatable bonds is 4. The molecule has 0 aliphatic carbocycles. The van der Waals surface area contributed by atoms with Gasteiger partial charge in [0.1, 0.15) is 5.75 Å². The highest BCUT2D eigenvalue weighted by Crippen LogP contribution is 2.25. The molecule has 2 aromatic rings. The molecule has 0 amide bonds. The number of hydrogen-bond donors (Lipinski definition) is 0. The van der Waals surface area contributed by atoms with Crippen LogP contribution in [0.25, 0.3) is 0 Å². The predicted octanol–water partition coefficient (Wildman–Crippen LogP) is 2.82. The van der Waals surface area contributed by atoms with Gasteiger partial charge in [0, 0.05) is 31.9 Å². The zero-order valence-electron chi connectivity index (χ0n) is 14.9. The van der Waals surface area contributed by atoms with E-state index in [4.69, 9.17) is 4.74 Å². The Morgan fingerprint density at radius 3 is 2.12 bits per heavy atom. The van der Waals surface area contributed by atoms with Crippen LogP contribution in [0.2, 0.25) is 0 Å². The number of ether oxygens (including phenoxy) is 1. The molecule has 0 N–H and O–H groups in total. The Bertz CT molecular complexity index is 839. The van der Waals surface area contributed by atoms with Gasteiger partial charge in [-0.3, -0.25) is 0 Å². The first-order valence-corrected chi connectivity index (χ1v) is 9.82. The third kappa shape index (κ3) is 3.65. The van der Waals surface area contributed by atoms with Gasteiger partial charge in [0.05, 0.1) is 12.0 Å². The molecule has 5 nitrogen and oxygen atoms in total. The number of aryl methyl sites for hydroxylation is 2. The Morgan fingerprint density at radius 2 is 1.56 bits per heavy atom. The Kier molecular flexibility index (Phi) is 5.01. The van der Waals surface area contributed by atoms with Crippen molar-refractivity contribution in [2.45, 2.75) is 18.7 Å². The average molecular weight is 360 g/mol. The molecule has 0 radical (unpaired) electrons. The highest BCUT2D eigenvalue weighted by molar-refractivity contribution is 7.89. The monoisotopic (exact) mass is 360 g/mol. The number of anilines is 1. The maximum absolute atomic E-state index is 12.8. The summed E-state index contributed by atoms with van der Waals surface area (Å²) < 4.78 is 32.3. The molecular weight excluding hydrogens is 336 g/mol. The van der Waals surface area contributed by atoms with Gasteiger partial charge in [-0.2, -0.15) is 4.31 Å². The van der Waals surface area contributed by atoms with Crippen LogP contribution >= 0.6 is 0 Å². The van der Waals surface area contributed by atoms with Crippen molar-refractivity contribution in [3.8, 4) is 5.75 Å². The van der Waals surface area contributed by atoms with Gasteiger partial charge in [0.25, 0.3) is 0 Å². The summed E-state index contributed by atoms with van der Waals surface area (Å²) in [6.07, 6.45) is 0. The third-order valence-electron chi connectivity index (χ3n) is 4.63. The van der Waals surface area contributed by atoms with Crippen molar-refractivity contribution in [2.75, 3.05) is 38.2 Å². The molecule has 1 heterocycles. The number of nitrogens with zero attached hydrogens (tertiary/aromatic N) is 2. The summed E-state index contributed by atoms with van der Waals surface area (Å²) in [5.74, 6) is 0.651. The molecular formula is C19H24N2O3S. The van der Waals surface area contributed by atoms with E-state index in [-0.39, 0.29) is 0 Å². The van der Waals surface area contributed by atoms with Gasteiger partial charge in [0.2, 0.25) is 10.0 Å². The molecule has 1 aliphatic heterocycles. The zero-order valence-corrected chi connectivity index (χ0v) is 15.7. The third-order valence-corrected chi connectivity index (χ3v) is 6.54. The van der Waals surface area contributed by atoms with Crippen LogP contribution in [0.5, 0.6) is 5.75 Å². The molecule has 1 fully saturated rings. The molecule has 0 aromatic heterocycles. The molecule has 0 bridgehead atoms. The van der Waals surface area contributed by atoms with Crippen LogP contribution in [0.3, 0.4) is 0 Å². The summed E-state index contributed by atoms with van der Waals surface area (Å²) in [5.41, 5.74) is 3.65. The van der Waals surface area contributed by atoms with Crippen LogP contribution in [-0.2, 0) is 10.0 Å². The fourth-order valence-corrected chi connectivity index (χ4v) is 4.65. The van der Waals surface area contributed by atoms with Gasteiger partial charge >= 0.3 is 0 Å². The molecule has 0 spiro atoms. The molecule has 3 rings (SSSR count). The van der Waals surface area contributed by atoms with Crippen molar-refractivity contribution in [1.82, 2.24) is 4.31 Å². The summed E-state index contributed by atoms with van der Waals surface area (Å²) in [6, 6.07) is 12.9. The lowest BCUT2D eigenvalue weighted by Crippen LogP contribution is -2.48. The van der Waals surface area contributed by atoms with Crippen molar-refractivity contribution >= 4 is 15.7 Å². The highest BCUT2D eigenvalue weighted by Gasteiger charge is 2.28. The van der Waals surface area contributed by atoms with Crippen molar-refractivity contribution in [3.05, 3.63) is 53.6 Å². The first-order valence-electron chi connectivity index (χ1n) is 8.38. The van der Waals surface area contributed by atoms with Crippen LogP contribution in [0.4, 0.5) is 5.69 Å². The van der Waals surface area contributed by atoms with Crippen LogP contribution in [-0.4, -0.2) is 46.0 Å². The smallest absolute Gasteiger partial charge is 0.243 e. The molecule has 134 valence electrons. The summed E-state index contributed by atoms with van der Waals surface area (Å²) in [5, 5.41) is 0. The fourth-order valence-electron chi connectivity index (χ4n) is 3.23. The van der Waals surface area contributed by atoms with Crippen molar-refractivity contribution in [3.63, 3.8) is 0 Å². The van der Waals surface area contributed by atoms with Gasteiger partial charge in [0.15, 0.2) is 0 Å². The lowest BCUT2D eigenvalue weighted by atomic mass is 10.1. The lowest BCUT2D eigenvalue weighted by Gasteiger charge is -2.36. The van der Waals surface area contributed by atoms with Crippen LogP contribution in [0.15, 0.2) is 47.4 Å². The SMILES string of the molecule is COc1ccc(S(=O)(=O)N2CCN(c3ccc(C)cc3C)CC2)cc1. The second-order valence-corrected chi connectivity index (χ2v) is 8.29. The number of hydrogen-bond acceptors (Lipinski definition) is 4. The minimum Gasteiger partial charge on any atom is -0.497 e. The van der Waals surface area contributed by atoms with E-state index in [1.54, 1.807) is 35.7 Å². The number of benzene rings is 2. The van der Waals surface area contributed by atoms with E-state index < -0.39 is 10.0 Å². The van der Waals surface area contributed by atoms with Gasteiger partial charge < -0.3 is 9.64 Å². The van der Waals surface area contributed by atoms with Crippen LogP contribution < -0.4 is 9.64 Å². The molecule has 1 saturated heterocycles. The fraction of sp³-hybridized carbons (Fsp3) is 0.368. The molecule has 2 aromatic carbocycles. The summed E-state index contributed by atoms with van der Waals surface area (Å²) in [4.78, 5) is 2.57. The summed E-state index contributed by atoms with van der Waals surface area (Å²) >= 11 is 0. The normalized spacial score (nSPS) is 16.0. The predicted molar refractivity (Wildman–Crippen MR) is 99.9 cm³/mol. The van der Waals surface area contributed by atoms with E-state index in [9.17, 15) is 8.42 Å². The van der Waals surface area contributed by atoms with Crippen molar-refractivity contribution < 1.29 is 13.2 Å². The molecule has 1 aliphatic rings. The first kappa shape index (κ1) is 17.8. The maximum atomic E-state index is 12.8. The molecule has 6 heteroatoms. The Balaban J connectivity index is 1.72. The highest BCUT2D eigenvalue weighted by atomic mass is 32.2. The average Bonchev–Trinajstić information content (AvgIpc) is 2.62. The Hall–Kier alpha value is -2.05.